The van der Waals surface area contributed by atoms with Gasteiger partial charge in [-0.2, -0.15) is 13.2 Å². The van der Waals surface area contributed by atoms with Gasteiger partial charge in [0.25, 0.3) is 0 Å². The number of hydrogen-bond acceptors (Lipinski definition) is 1. The summed E-state index contributed by atoms with van der Waals surface area (Å²) in [5.41, 5.74) is 0.313. The molecular weight excluding hydrogens is 143 g/mol. The van der Waals surface area contributed by atoms with E-state index in [1.54, 1.807) is 6.08 Å². The van der Waals surface area contributed by atoms with Gasteiger partial charge in [0.2, 0.25) is 0 Å². The van der Waals surface area contributed by atoms with Crippen molar-refractivity contribution in [3.05, 3.63) is 11.8 Å². The minimum atomic E-state index is -4.25. The summed E-state index contributed by atoms with van der Waals surface area (Å²) < 4.78 is 34.7. The van der Waals surface area contributed by atoms with Crippen LogP contribution in [-0.2, 0) is 0 Å². The van der Waals surface area contributed by atoms with Gasteiger partial charge >= 0.3 is 6.30 Å². The Morgan fingerprint density at radius 2 is 2.10 bits per heavy atom. The molecule has 10 heavy (non-hydrogen) atoms. The van der Waals surface area contributed by atoms with Gasteiger partial charge in [-0.25, -0.2) is 0 Å². The minimum absolute atomic E-state index is 0.313. The number of rotatable bonds is 1. The first-order chi connectivity index (χ1) is 4.58. The molecule has 4 heteroatoms. The number of nitrogens with one attached hydrogen (secondary N) is 1. The number of halogens is 3. The Hall–Kier alpha value is -0.670. The normalized spacial score (nSPS) is 18.9. The lowest BCUT2D eigenvalue weighted by Crippen LogP contribution is -2.29. The lowest BCUT2D eigenvalue weighted by atomic mass is 10.3. The third kappa shape index (κ3) is 2.29. The summed E-state index contributed by atoms with van der Waals surface area (Å²) in [6.45, 7) is 0. The zero-order valence-corrected chi connectivity index (χ0v) is 5.33. The van der Waals surface area contributed by atoms with Gasteiger partial charge < -0.3 is 5.32 Å². The maximum absolute atomic E-state index is 11.6. The molecular formula is C6H8F3N. The van der Waals surface area contributed by atoms with E-state index >= 15 is 0 Å². The topological polar surface area (TPSA) is 12.0 Å². The van der Waals surface area contributed by atoms with Gasteiger partial charge in [0.15, 0.2) is 0 Å². The average Bonchev–Trinajstić information content (AvgIpc) is 2.12. The molecule has 1 nitrogen and oxygen atoms in total. The number of hydrogen-bond donors (Lipinski definition) is 1. The Morgan fingerprint density at radius 1 is 1.40 bits per heavy atom. The third-order valence-electron chi connectivity index (χ3n) is 1.34. The Balaban J connectivity index is 2.38. The van der Waals surface area contributed by atoms with Gasteiger partial charge in [0.1, 0.15) is 0 Å². The molecule has 0 amide bonds. The van der Waals surface area contributed by atoms with Gasteiger partial charge in [0.05, 0.1) is 0 Å². The fourth-order valence-corrected chi connectivity index (χ4v) is 0.966. The van der Waals surface area contributed by atoms with Crippen molar-refractivity contribution in [2.45, 2.75) is 25.6 Å². The average molecular weight is 151 g/mol. The summed E-state index contributed by atoms with van der Waals surface area (Å²) >= 11 is 0. The van der Waals surface area contributed by atoms with Crippen LogP contribution in [0.25, 0.3) is 0 Å². The second-order valence-corrected chi connectivity index (χ2v) is 2.24. The molecule has 0 saturated heterocycles. The zero-order valence-electron chi connectivity index (χ0n) is 5.33. The third-order valence-corrected chi connectivity index (χ3v) is 1.34. The molecule has 0 unspecified atom stereocenters. The van der Waals surface area contributed by atoms with Gasteiger partial charge in [-0.05, 0) is 19.3 Å². The fourth-order valence-electron chi connectivity index (χ4n) is 0.966. The SMILES string of the molecule is FC(F)(F)NC1=CCCC1. The standard InChI is InChI=1S/C6H8F3N/c7-6(8,9)10-5-3-1-2-4-5/h3,10H,1-2,4H2. The first-order valence-corrected chi connectivity index (χ1v) is 3.12. The van der Waals surface area contributed by atoms with E-state index < -0.39 is 6.30 Å². The molecule has 0 heterocycles. The van der Waals surface area contributed by atoms with E-state index in [0.29, 0.717) is 12.1 Å². The molecule has 0 bridgehead atoms. The summed E-state index contributed by atoms with van der Waals surface area (Å²) in [4.78, 5) is 0. The van der Waals surface area contributed by atoms with Gasteiger partial charge in [-0.1, -0.05) is 6.08 Å². The zero-order chi connectivity index (χ0) is 7.61. The van der Waals surface area contributed by atoms with E-state index in [9.17, 15) is 13.2 Å². The molecule has 0 radical (unpaired) electrons. The van der Waals surface area contributed by atoms with E-state index in [2.05, 4.69) is 0 Å². The van der Waals surface area contributed by atoms with Crippen LogP contribution in [0.1, 0.15) is 19.3 Å². The summed E-state index contributed by atoms with van der Waals surface area (Å²) in [5, 5.41) is 1.48. The van der Waals surface area contributed by atoms with E-state index in [1.807, 2.05) is 0 Å². The van der Waals surface area contributed by atoms with Crippen molar-refractivity contribution in [3.63, 3.8) is 0 Å². The lowest BCUT2D eigenvalue weighted by Gasteiger charge is -2.09. The van der Waals surface area contributed by atoms with Gasteiger partial charge in [-0.15, -0.1) is 0 Å². The van der Waals surface area contributed by atoms with Gasteiger partial charge in [-0.3, -0.25) is 0 Å². The minimum Gasteiger partial charge on any atom is -0.302 e. The highest BCUT2D eigenvalue weighted by atomic mass is 19.4. The van der Waals surface area contributed by atoms with Crippen molar-refractivity contribution in [1.29, 1.82) is 0 Å². The Labute approximate surface area is 56.9 Å². The fraction of sp³-hybridized carbons (Fsp3) is 0.667. The summed E-state index contributed by atoms with van der Waals surface area (Å²) in [5.74, 6) is 0. The van der Waals surface area contributed by atoms with Crippen LogP contribution in [0.3, 0.4) is 0 Å². The largest absolute Gasteiger partial charge is 0.482 e. The molecule has 0 atom stereocenters. The molecule has 1 N–H and O–H groups in total. The first kappa shape index (κ1) is 7.44. The molecule has 0 aromatic heterocycles. The molecule has 0 spiro atoms. The Bertz CT molecular complexity index is 148. The smallest absolute Gasteiger partial charge is 0.302 e. The Kier molecular flexibility index (Phi) is 1.87. The van der Waals surface area contributed by atoms with E-state index in [0.717, 1.165) is 12.8 Å². The van der Waals surface area contributed by atoms with Crippen LogP contribution < -0.4 is 5.32 Å². The quantitative estimate of drug-likeness (QED) is 0.566. The van der Waals surface area contributed by atoms with Crippen LogP contribution in [0.2, 0.25) is 0 Å². The highest BCUT2D eigenvalue weighted by Gasteiger charge is 2.28. The summed E-state index contributed by atoms with van der Waals surface area (Å²) in [7, 11) is 0. The first-order valence-electron chi connectivity index (χ1n) is 3.12. The second-order valence-electron chi connectivity index (χ2n) is 2.24. The number of allylic oxidation sites excluding steroid dienone is 2. The molecule has 1 rings (SSSR count). The van der Waals surface area contributed by atoms with Crippen molar-refractivity contribution < 1.29 is 13.2 Å². The molecule has 0 aliphatic heterocycles. The Morgan fingerprint density at radius 3 is 2.50 bits per heavy atom. The molecule has 1 aliphatic carbocycles. The molecule has 0 aromatic rings. The predicted molar refractivity (Wildman–Crippen MR) is 31.1 cm³/mol. The van der Waals surface area contributed by atoms with Crippen LogP contribution in [-0.4, -0.2) is 6.30 Å². The van der Waals surface area contributed by atoms with Crippen LogP contribution in [0, 0.1) is 0 Å². The van der Waals surface area contributed by atoms with Crippen molar-refractivity contribution >= 4 is 0 Å². The van der Waals surface area contributed by atoms with Crippen LogP contribution >= 0.6 is 0 Å². The highest BCUT2D eigenvalue weighted by molar-refractivity contribution is 5.05. The van der Waals surface area contributed by atoms with Crippen molar-refractivity contribution in [2.75, 3.05) is 0 Å². The molecule has 0 saturated carbocycles. The highest BCUT2D eigenvalue weighted by Crippen LogP contribution is 2.20. The van der Waals surface area contributed by atoms with E-state index in [1.165, 1.54) is 5.32 Å². The van der Waals surface area contributed by atoms with Crippen LogP contribution in [0.5, 0.6) is 0 Å². The molecule has 0 fully saturated rings. The summed E-state index contributed by atoms with van der Waals surface area (Å²) in [6, 6.07) is 0. The van der Waals surface area contributed by atoms with Crippen molar-refractivity contribution in [2.24, 2.45) is 0 Å². The molecule has 0 aromatic carbocycles. The second kappa shape index (κ2) is 2.52. The summed E-state index contributed by atoms with van der Waals surface area (Å²) in [6.07, 6.45) is -0.542. The number of alkyl halides is 3. The maximum Gasteiger partial charge on any atom is 0.482 e. The predicted octanol–water partition coefficient (Wildman–Crippen LogP) is 2.16. The van der Waals surface area contributed by atoms with Crippen LogP contribution in [0.4, 0.5) is 13.2 Å². The van der Waals surface area contributed by atoms with Gasteiger partial charge in [0, 0.05) is 5.70 Å². The van der Waals surface area contributed by atoms with E-state index in [-0.39, 0.29) is 0 Å². The van der Waals surface area contributed by atoms with Crippen molar-refractivity contribution in [1.82, 2.24) is 5.32 Å². The van der Waals surface area contributed by atoms with Crippen molar-refractivity contribution in [3.8, 4) is 0 Å². The lowest BCUT2D eigenvalue weighted by molar-refractivity contribution is -0.149. The monoisotopic (exact) mass is 151 g/mol. The van der Waals surface area contributed by atoms with E-state index in [4.69, 9.17) is 0 Å². The van der Waals surface area contributed by atoms with Crippen LogP contribution in [0.15, 0.2) is 11.8 Å². The maximum atomic E-state index is 11.6. The molecule has 58 valence electrons. The molecule has 1 aliphatic rings.